The maximum Gasteiger partial charge on any atom is 0.322 e. The summed E-state index contributed by atoms with van der Waals surface area (Å²) in [5.74, 6) is 0. The van der Waals surface area contributed by atoms with Crippen LogP contribution >= 0.6 is 11.3 Å². The molecule has 6 nitrogen and oxygen atoms in total. The van der Waals surface area contributed by atoms with Gasteiger partial charge in [-0.1, -0.05) is 6.07 Å². The maximum absolute atomic E-state index is 12.2. The lowest BCUT2D eigenvalue weighted by Crippen LogP contribution is -2.34. The number of nitro benzene ring substituents is 1. The number of hydrogen-bond acceptors (Lipinski definition) is 4. The molecule has 1 heterocycles. The lowest BCUT2D eigenvalue weighted by molar-refractivity contribution is -0.384. The van der Waals surface area contributed by atoms with Gasteiger partial charge in [0.1, 0.15) is 0 Å². The van der Waals surface area contributed by atoms with Gasteiger partial charge in [0.15, 0.2) is 0 Å². The van der Waals surface area contributed by atoms with E-state index in [9.17, 15) is 14.9 Å². The molecule has 2 rings (SSSR count). The highest BCUT2D eigenvalue weighted by Crippen LogP contribution is 2.17. The van der Waals surface area contributed by atoms with Gasteiger partial charge in [0.05, 0.1) is 11.5 Å². The Bertz CT molecular complexity index is 611. The number of carbonyl (C=O) groups excluding carboxylic acids is 1. The highest BCUT2D eigenvalue weighted by Gasteiger charge is 2.13. The number of hydrogen-bond donors (Lipinski definition) is 1. The largest absolute Gasteiger partial charge is 0.322 e. The number of carbonyl (C=O) groups is 1. The third-order valence-electron chi connectivity index (χ3n) is 2.93. The standard InChI is InChI=1S/C14H15N3O3S/c1-2-16(10-13-4-3-9-21-13)14(18)15-11-5-7-12(8-6-11)17(19)20/h3-9H,2,10H2,1H3,(H,15,18). The number of urea groups is 1. The molecule has 21 heavy (non-hydrogen) atoms. The van der Waals surface area contributed by atoms with Crippen molar-refractivity contribution in [3.63, 3.8) is 0 Å². The van der Waals surface area contributed by atoms with Gasteiger partial charge in [0, 0.05) is 29.2 Å². The molecule has 110 valence electrons. The summed E-state index contributed by atoms with van der Waals surface area (Å²) in [5.41, 5.74) is 0.536. The molecule has 0 aliphatic carbocycles. The molecule has 0 aliphatic rings. The Kier molecular flexibility index (Phi) is 4.89. The van der Waals surface area contributed by atoms with Crippen LogP contribution in [0.25, 0.3) is 0 Å². The molecule has 0 bridgehead atoms. The minimum absolute atomic E-state index is 0.000989. The molecule has 0 fully saturated rings. The van der Waals surface area contributed by atoms with Gasteiger partial charge >= 0.3 is 6.03 Å². The summed E-state index contributed by atoms with van der Waals surface area (Å²) in [6.45, 7) is 3.03. The van der Waals surface area contributed by atoms with Crippen LogP contribution in [-0.2, 0) is 6.54 Å². The van der Waals surface area contributed by atoms with Crippen LogP contribution in [0.1, 0.15) is 11.8 Å². The zero-order valence-electron chi connectivity index (χ0n) is 11.5. The number of nitrogens with one attached hydrogen (secondary N) is 1. The van der Waals surface area contributed by atoms with E-state index in [4.69, 9.17) is 0 Å². The first-order valence-corrected chi connectivity index (χ1v) is 7.31. The number of nitro groups is 1. The van der Waals surface area contributed by atoms with Crippen molar-refractivity contribution < 1.29 is 9.72 Å². The molecular weight excluding hydrogens is 290 g/mol. The monoisotopic (exact) mass is 305 g/mol. The summed E-state index contributed by atoms with van der Waals surface area (Å²) >= 11 is 1.60. The van der Waals surface area contributed by atoms with E-state index in [0.29, 0.717) is 18.8 Å². The van der Waals surface area contributed by atoms with Gasteiger partial charge in [0.25, 0.3) is 5.69 Å². The molecular formula is C14H15N3O3S. The van der Waals surface area contributed by atoms with Crippen molar-refractivity contribution in [3.05, 3.63) is 56.8 Å². The van der Waals surface area contributed by atoms with E-state index in [1.54, 1.807) is 16.2 Å². The Morgan fingerprint density at radius 3 is 2.57 bits per heavy atom. The SMILES string of the molecule is CCN(Cc1cccs1)C(=O)Nc1ccc([N+](=O)[O-])cc1. The molecule has 1 aromatic heterocycles. The van der Waals surface area contributed by atoms with Gasteiger partial charge in [-0.2, -0.15) is 0 Å². The van der Waals surface area contributed by atoms with E-state index in [2.05, 4.69) is 5.32 Å². The smallest absolute Gasteiger partial charge is 0.320 e. The Labute approximate surface area is 126 Å². The quantitative estimate of drug-likeness (QED) is 0.676. The van der Waals surface area contributed by atoms with Crippen molar-refractivity contribution in [2.45, 2.75) is 13.5 Å². The Morgan fingerprint density at radius 2 is 2.05 bits per heavy atom. The fourth-order valence-electron chi connectivity index (χ4n) is 1.79. The van der Waals surface area contributed by atoms with Gasteiger partial charge < -0.3 is 10.2 Å². The highest BCUT2D eigenvalue weighted by atomic mass is 32.1. The fourth-order valence-corrected chi connectivity index (χ4v) is 2.51. The third kappa shape index (κ3) is 4.03. The van der Waals surface area contributed by atoms with Gasteiger partial charge in [-0.15, -0.1) is 11.3 Å². The maximum atomic E-state index is 12.2. The molecule has 0 aliphatic heterocycles. The van der Waals surface area contributed by atoms with Crippen LogP contribution < -0.4 is 5.32 Å². The number of amides is 2. The van der Waals surface area contributed by atoms with Crippen LogP contribution in [0.4, 0.5) is 16.2 Å². The Balaban J connectivity index is 2.00. The first kappa shape index (κ1) is 15.0. The molecule has 0 saturated heterocycles. The molecule has 1 N–H and O–H groups in total. The van der Waals surface area contributed by atoms with Gasteiger partial charge in [-0.3, -0.25) is 10.1 Å². The van der Waals surface area contributed by atoms with Gasteiger partial charge in [-0.05, 0) is 30.5 Å². The second kappa shape index (κ2) is 6.85. The molecule has 7 heteroatoms. The van der Waals surface area contributed by atoms with E-state index in [1.807, 2.05) is 24.4 Å². The summed E-state index contributed by atoms with van der Waals surface area (Å²) in [4.78, 5) is 25.1. The highest BCUT2D eigenvalue weighted by molar-refractivity contribution is 7.09. The normalized spacial score (nSPS) is 10.1. The lowest BCUT2D eigenvalue weighted by atomic mass is 10.3. The van der Waals surface area contributed by atoms with Crippen LogP contribution in [0.2, 0.25) is 0 Å². The van der Waals surface area contributed by atoms with Crippen LogP contribution in [0.3, 0.4) is 0 Å². The van der Waals surface area contributed by atoms with E-state index in [0.717, 1.165) is 4.88 Å². The van der Waals surface area contributed by atoms with Crippen molar-refractivity contribution in [2.24, 2.45) is 0 Å². The second-order valence-corrected chi connectivity index (χ2v) is 5.36. The molecule has 0 unspecified atom stereocenters. The summed E-state index contributed by atoms with van der Waals surface area (Å²) < 4.78 is 0. The molecule has 2 aromatic rings. The van der Waals surface area contributed by atoms with Crippen LogP contribution in [0, 0.1) is 10.1 Å². The van der Waals surface area contributed by atoms with Crippen molar-refractivity contribution in [2.75, 3.05) is 11.9 Å². The number of thiophene rings is 1. The summed E-state index contributed by atoms with van der Waals surface area (Å²) in [6, 6.07) is 9.48. The topological polar surface area (TPSA) is 75.5 Å². The van der Waals surface area contributed by atoms with Crippen LogP contribution in [0.5, 0.6) is 0 Å². The molecule has 0 atom stereocenters. The fraction of sp³-hybridized carbons (Fsp3) is 0.214. The van der Waals surface area contributed by atoms with Crippen LogP contribution in [0.15, 0.2) is 41.8 Å². The summed E-state index contributed by atoms with van der Waals surface area (Å²) in [6.07, 6.45) is 0. The van der Waals surface area contributed by atoms with Crippen molar-refractivity contribution in [1.29, 1.82) is 0 Å². The van der Waals surface area contributed by atoms with Crippen LogP contribution in [-0.4, -0.2) is 22.4 Å². The molecule has 1 aromatic carbocycles. The average Bonchev–Trinajstić information content (AvgIpc) is 2.98. The lowest BCUT2D eigenvalue weighted by Gasteiger charge is -2.20. The number of rotatable bonds is 5. The van der Waals surface area contributed by atoms with E-state index >= 15 is 0 Å². The van der Waals surface area contributed by atoms with E-state index in [1.165, 1.54) is 24.3 Å². The molecule has 0 radical (unpaired) electrons. The number of non-ortho nitro benzene ring substituents is 1. The average molecular weight is 305 g/mol. The first-order chi connectivity index (χ1) is 10.1. The predicted molar refractivity (Wildman–Crippen MR) is 82.5 cm³/mol. The Morgan fingerprint density at radius 1 is 1.33 bits per heavy atom. The minimum atomic E-state index is -0.471. The zero-order valence-corrected chi connectivity index (χ0v) is 12.3. The molecule has 2 amide bonds. The molecule has 0 spiro atoms. The third-order valence-corrected chi connectivity index (χ3v) is 3.79. The zero-order chi connectivity index (χ0) is 15.2. The van der Waals surface area contributed by atoms with E-state index < -0.39 is 4.92 Å². The Hall–Kier alpha value is -2.41. The van der Waals surface area contributed by atoms with E-state index in [-0.39, 0.29) is 11.7 Å². The van der Waals surface area contributed by atoms with Crippen molar-refractivity contribution in [1.82, 2.24) is 4.90 Å². The van der Waals surface area contributed by atoms with Gasteiger partial charge in [-0.25, -0.2) is 4.79 Å². The minimum Gasteiger partial charge on any atom is -0.320 e. The summed E-state index contributed by atoms with van der Waals surface area (Å²) in [7, 11) is 0. The van der Waals surface area contributed by atoms with Crippen molar-refractivity contribution in [3.8, 4) is 0 Å². The summed E-state index contributed by atoms with van der Waals surface area (Å²) in [5, 5.41) is 15.3. The number of benzene rings is 1. The van der Waals surface area contributed by atoms with Gasteiger partial charge in [0.2, 0.25) is 0 Å². The second-order valence-electron chi connectivity index (χ2n) is 4.33. The van der Waals surface area contributed by atoms with Crippen molar-refractivity contribution >= 4 is 28.7 Å². The first-order valence-electron chi connectivity index (χ1n) is 6.43. The number of anilines is 1. The predicted octanol–water partition coefficient (Wildman–Crippen LogP) is 3.71. The molecule has 0 saturated carbocycles. The number of nitrogens with zero attached hydrogens (tertiary/aromatic N) is 2.